The Bertz CT molecular complexity index is 917. The summed E-state index contributed by atoms with van der Waals surface area (Å²) < 4.78 is 2.15. The van der Waals surface area contributed by atoms with Gasteiger partial charge in [-0.25, -0.2) is 0 Å². The average molecular weight is 380 g/mol. The highest BCUT2D eigenvalue weighted by Crippen LogP contribution is 2.20. The number of rotatable bonds is 6. The topological polar surface area (TPSA) is 38.1 Å². The standard InChI is InChI=1S/C22H25N3OS/c1-16-13-21(17(2)25(16)15-19-7-5-6-12-23-19)22(26)24(3)14-18-8-10-20(27-4)11-9-18/h5-13H,14-15H2,1-4H3. The van der Waals surface area contributed by atoms with Gasteiger partial charge in [-0.3, -0.25) is 9.78 Å². The molecule has 2 aromatic heterocycles. The maximum absolute atomic E-state index is 13.0. The Morgan fingerprint density at radius 3 is 2.52 bits per heavy atom. The number of carbonyl (C=O) groups is 1. The molecule has 0 saturated heterocycles. The van der Waals surface area contributed by atoms with Crippen molar-refractivity contribution in [2.75, 3.05) is 13.3 Å². The normalized spacial score (nSPS) is 10.8. The number of carbonyl (C=O) groups excluding carboxylic acids is 1. The van der Waals surface area contributed by atoms with E-state index in [4.69, 9.17) is 0 Å². The van der Waals surface area contributed by atoms with Crippen molar-refractivity contribution < 1.29 is 4.79 Å². The molecule has 0 aliphatic carbocycles. The SMILES string of the molecule is CSc1ccc(CN(C)C(=O)c2cc(C)n(Cc3ccccn3)c2C)cc1. The van der Waals surface area contributed by atoms with Crippen molar-refractivity contribution in [1.82, 2.24) is 14.5 Å². The lowest BCUT2D eigenvalue weighted by Gasteiger charge is -2.18. The Kier molecular flexibility index (Phi) is 6.01. The number of amides is 1. The van der Waals surface area contributed by atoms with Gasteiger partial charge in [0.2, 0.25) is 0 Å². The van der Waals surface area contributed by atoms with Gasteiger partial charge < -0.3 is 9.47 Å². The summed E-state index contributed by atoms with van der Waals surface area (Å²) in [7, 11) is 1.86. The summed E-state index contributed by atoms with van der Waals surface area (Å²) >= 11 is 1.72. The molecule has 0 unspecified atom stereocenters. The maximum Gasteiger partial charge on any atom is 0.255 e. The summed E-state index contributed by atoms with van der Waals surface area (Å²) in [5.74, 6) is 0.0457. The van der Waals surface area contributed by atoms with Crippen LogP contribution in [0, 0.1) is 13.8 Å². The molecule has 2 heterocycles. The first-order valence-corrected chi connectivity index (χ1v) is 10.2. The van der Waals surface area contributed by atoms with Crippen LogP contribution in [0.1, 0.15) is 33.0 Å². The average Bonchev–Trinajstić information content (AvgIpc) is 2.97. The number of hydrogen-bond acceptors (Lipinski definition) is 3. The van der Waals surface area contributed by atoms with Gasteiger partial charge in [-0.2, -0.15) is 0 Å². The van der Waals surface area contributed by atoms with Crippen LogP contribution in [-0.2, 0) is 13.1 Å². The zero-order valence-electron chi connectivity index (χ0n) is 16.3. The highest BCUT2D eigenvalue weighted by molar-refractivity contribution is 7.98. The minimum Gasteiger partial charge on any atom is -0.342 e. The molecule has 0 radical (unpaired) electrons. The number of aryl methyl sites for hydroxylation is 1. The largest absolute Gasteiger partial charge is 0.342 e. The van der Waals surface area contributed by atoms with Crippen molar-refractivity contribution in [3.05, 3.63) is 82.9 Å². The smallest absolute Gasteiger partial charge is 0.255 e. The predicted octanol–water partition coefficient (Wildman–Crippen LogP) is 4.54. The van der Waals surface area contributed by atoms with E-state index < -0.39 is 0 Å². The molecule has 3 aromatic rings. The van der Waals surface area contributed by atoms with E-state index in [2.05, 4.69) is 40.1 Å². The number of thioether (sulfide) groups is 1. The quantitative estimate of drug-likeness (QED) is 0.590. The molecule has 0 bridgehead atoms. The van der Waals surface area contributed by atoms with E-state index in [1.807, 2.05) is 45.2 Å². The zero-order valence-corrected chi connectivity index (χ0v) is 17.1. The van der Waals surface area contributed by atoms with Crippen molar-refractivity contribution in [1.29, 1.82) is 0 Å². The maximum atomic E-state index is 13.0. The van der Waals surface area contributed by atoms with E-state index in [1.165, 1.54) is 4.90 Å². The fourth-order valence-corrected chi connectivity index (χ4v) is 3.61. The van der Waals surface area contributed by atoms with Crippen molar-refractivity contribution in [3.8, 4) is 0 Å². The molecule has 1 aromatic carbocycles. The molecule has 0 N–H and O–H groups in total. The Hall–Kier alpha value is -2.53. The van der Waals surface area contributed by atoms with Crippen LogP contribution in [0.2, 0.25) is 0 Å². The molecule has 1 amide bonds. The van der Waals surface area contributed by atoms with Crippen LogP contribution >= 0.6 is 11.8 Å². The fourth-order valence-electron chi connectivity index (χ4n) is 3.20. The molecule has 0 aliphatic heterocycles. The highest BCUT2D eigenvalue weighted by Gasteiger charge is 2.19. The van der Waals surface area contributed by atoms with E-state index in [0.717, 1.165) is 28.2 Å². The molecule has 3 rings (SSSR count). The number of aromatic nitrogens is 2. The molecule has 140 valence electrons. The van der Waals surface area contributed by atoms with Crippen LogP contribution < -0.4 is 0 Å². The van der Waals surface area contributed by atoms with E-state index in [9.17, 15) is 4.79 Å². The van der Waals surface area contributed by atoms with E-state index >= 15 is 0 Å². The number of nitrogens with zero attached hydrogens (tertiary/aromatic N) is 3. The Morgan fingerprint density at radius 2 is 1.89 bits per heavy atom. The Balaban J connectivity index is 1.76. The second-order valence-electron chi connectivity index (χ2n) is 6.70. The van der Waals surface area contributed by atoms with Crippen molar-refractivity contribution in [2.45, 2.75) is 31.8 Å². The van der Waals surface area contributed by atoms with Crippen LogP contribution in [0.15, 0.2) is 59.6 Å². The first-order valence-electron chi connectivity index (χ1n) is 8.94. The molecular weight excluding hydrogens is 354 g/mol. The van der Waals surface area contributed by atoms with E-state index in [0.29, 0.717) is 13.1 Å². The van der Waals surface area contributed by atoms with Gasteiger partial charge >= 0.3 is 0 Å². The van der Waals surface area contributed by atoms with Crippen LogP contribution in [0.3, 0.4) is 0 Å². The van der Waals surface area contributed by atoms with Crippen LogP contribution in [0.5, 0.6) is 0 Å². The summed E-state index contributed by atoms with van der Waals surface area (Å²) in [6.07, 6.45) is 3.86. The molecule has 0 spiro atoms. The molecule has 27 heavy (non-hydrogen) atoms. The van der Waals surface area contributed by atoms with Gasteiger partial charge in [0.1, 0.15) is 0 Å². The van der Waals surface area contributed by atoms with Gasteiger partial charge in [-0.05, 0) is 56.0 Å². The van der Waals surface area contributed by atoms with Crippen molar-refractivity contribution in [2.24, 2.45) is 0 Å². The first kappa shape index (κ1) is 19.2. The van der Waals surface area contributed by atoms with Crippen LogP contribution in [-0.4, -0.2) is 33.7 Å². The number of benzene rings is 1. The van der Waals surface area contributed by atoms with Gasteiger partial charge in [-0.15, -0.1) is 11.8 Å². The van der Waals surface area contributed by atoms with Gasteiger partial charge in [0.25, 0.3) is 5.91 Å². The lowest BCUT2D eigenvalue weighted by atomic mass is 10.2. The molecule has 0 aliphatic rings. The third-order valence-electron chi connectivity index (χ3n) is 4.78. The van der Waals surface area contributed by atoms with Gasteiger partial charge in [0.05, 0.1) is 17.8 Å². The Labute approximate surface area is 165 Å². The lowest BCUT2D eigenvalue weighted by Crippen LogP contribution is -2.26. The fraction of sp³-hybridized carbons (Fsp3) is 0.273. The van der Waals surface area contributed by atoms with Gasteiger partial charge in [0, 0.05) is 36.1 Å². The molecule has 4 nitrogen and oxygen atoms in total. The molecule has 0 atom stereocenters. The minimum absolute atomic E-state index is 0.0457. The molecule has 5 heteroatoms. The third kappa shape index (κ3) is 4.42. The second-order valence-corrected chi connectivity index (χ2v) is 7.58. The van der Waals surface area contributed by atoms with E-state index in [-0.39, 0.29) is 5.91 Å². The number of hydrogen-bond donors (Lipinski definition) is 0. The summed E-state index contributed by atoms with van der Waals surface area (Å²) in [6.45, 7) is 5.31. The van der Waals surface area contributed by atoms with Crippen LogP contribution in [0.25, 0.3) is 0 Å². The summed E-state index contributed by atoms with van der Waals surface area (Å²) in [4.78, 5) is 20.4. The summed E-state index contributed by atoms with van der Waals surface area (Å²) in [6, 6.07) is 16.2. The second kappa shape index (κ2) is 8.44. The molecular formula is C22H25N3OS. The van der Waals surface area contributed by atoms with E-state index in [1.54, 1.807) is 22.9 Å². The van der Waals surface area contributed by atoms with Gasteiger partial charge in [-0.1, -0.05) is 18.2 Å². The van der Waals surface area contributed by atoms with Crippen molar-refractivity contribution >= 4 is 17.7 Å². The summed E-state index contributed by atoms with van der Waals surface area (Å²) in [5.41, 5.74) is 4.92. The first-order chi connectivity index (χ1) is 13.0. The molecule has 0 fully saturated rings. The summed E-state index contributed by atoms with van der Waals surface area (Å²) in [5, 5.41) is 0. The highest BCUT2D eigenvalue weighted by atomic mass is 32.2. The van der Waals surface area contributed by atoms with Crippen LogP contribution in [0.4, 0.5) is 0 Å². The minimum atomic E-state index is 0.0457. The Morgan fingerprint density at radius 1 is 1.15 bits per heavy atom. The number of pyridine rings is 1. The van der Waals surface area contributed by atoms with Crippen molar-refractivity contribution in [3.63, 3.8) is 0 Å². The zero-order chi connectivity index (χ0) is 19.4. The third-order valence-corrected chi connectivity index (χ3v) is 5.52. The predicted molar refractivity (Wildman–Crippen MR) is 111 cm³/mol. The molecule has 0 saturated carbocycles. The monoisotopic (exact) mass is 379 g/mol. The lowest BCUT2D eigenvalue weighted by molar-refractivity contribution is 0.0784. The van der Waals surface area contributed by atoms with Gasteiger partial charge in [0.15, 0.2) is 0 Å².